The highest BCUT2D eigenvalue weighted by atomic mass is 16.1. The zero-order valence-electron chi connectivity index (χ0n) is 16.8. The average molecular weight is 364 g/mol. The molecule has 6 atom stereocenters. The first kappa shape index (κ1) is 17.5. The van der Waals surface area contributed by atoms with Gasteiger partial charge in [-0.05, 0) is 79.1 Å². The van der Waals surface area contributed by atoms with Gasteiger partial charge in [0.1, 0.15) is 0 Å². The predicted molar refractivity (Wildman–Crippen MR) is 110 cm³/mol. The minimum absolute atomic E-state index is 0.283. The smallest absolute Gasteiger partial charge is 0.220 e. The molecule has 1 unspecified atom stereocenters. The number of carbonyl (C=O) groups excluding carboxylic acids is 1. The number of nitrogens with one attached hydrogen (secondary N) is 1. The summed E-state index contributed by atoms with van der Waals surface area (Å²) in [6.07, 6.45) is 12.1. The Morgan fingerprint density at radius 3 is 2.67 bits per heavy atom. The van der Waals surface area contributed by atoms with Crippen LogP contribution >= 0.6 is 0 Å². The van der Waals surface area contributed by atoms with E-state index >= 15 is 0 Å². The summed E-state index contributed by atoms with van der Waals surface area (Å²) >= 11 is 0. The summed E-state index contributed by atoms with van der Waals surface area (Å²) in [6.45, 7) is 5.06. The fourth-order valence-corrected chi connectivity index (χ4v) is 7.48. The summed E-state index contributed by atoms with van der Waals surface area (Å²) in [7, 11) is 0. The topological polar surface area (TPSA) is 29.1 Å². The van der Waals surface area contributed by atoms with Crippen LogP contribution in [0.5, 0.6) is 0 Å². The van der Waals surface area contributed by atoms with Gasteiger partial charge in [-0.2, -0.15) is 0 Å². The van der Waals surface area contributed by atoms with Gasteiger partial charge < -0.3 is 5.32 Å². The molecule has 1 heterocycles. The van der Waals surface area contributed by atoms with Crippen LogP contribution in [-0.4, -0.2) is 11.9 Å². The molecule has 2 heteroatoms. The van der Waals surface area contributed by atoms with Crippen LogP contribution in [0.15, 0.2) is 35.9 Å². The third kappa shape index (κ3) is 2.79. The second kappa shape index (κ2) is 6.22. The minimum atomic E-state index is 0.283. The minimum Gasteiger partial charge on any atom is -0.353 e. The Hall–Kier alpha value is -1.57. The third-order valence-electron chi connectivity index (χ3n) is 8.90. The Morgan fingerprint density at radius 1 is 1.04 bits per heavy atom. The molecule has 1 aromatic rings. The maximum absolute atomic E-state index is 12.0. The van der Waals surface area contributed by atoms with E-state index in [0.29, 0.717) is 16.9 Å². The standard InChI is InChI=1S/C25H33NO/c1-24-12-10-20-19(8-9-22-25(20,2)13-11-23(27)26-22)21(24)15-18(16-24)14-17-6-4-3-5-7-17/h3-7,14,19-22H,8-13,15-16H2,1-2H3,(H,26,27)/t19-,20-,21+,22?,24-,25-/m1/s1. The fraction of sp³-hybridized carbons (Fsp3) is 0.640. The van der Waals surface area contributed by atoms with Crippen LogP contribution < -0.4 is 5.32 Å². The van der Waals surface area contributed by atoms with Crippen molar-refractivity contribution in [2.24, 2.45) is 28.6 Å². The molecule has 27 heavy (non-hydrogen) atoms. The Bertz CT molecular complexity index is 768. The quantitative estimate of drug-likeness (QED) is 0.692. The Kier molecular flexibility index (Phi) is 4.04. The van der Waals surface area contributed by atoms with Gasteiger partial charge in [-0.1, -0.05) is 55.8 Å². The van der Waals surface area contributed by atoms with Crippen molar-refractivity contribution in [1.82, 2.24) is 5.32 Å². The number of benzene rings is 1. The van der Waals surface area contributed by atoms with E-state index < -0.39 is 0 Å². The van der Waals surface area contributed by atoms with Crippen molar-refractivity contribution in [2.45, 2.75) is 71.3 Å². The molecule has 4 fully saturated rings. The van der Waals surface area contributed by atoms with Gasteiger partial charge in [0.15, 0.2) is 0 Å². The molecule has 1 saturated heterocycles. The van der Waals surface area contributed by atoms with E-state index in [1.807, 2.05) is 0 Å². The molecule has 3 saturated carbocycles. The van der Waals surface area contributed by atoms with E-state index in [9.17, 15) is 4.79 Å². The molecule has 2 nitrogen and oxygen atoms in total. The summed E-state index contributed by atoms with van der Waals surface area (Å²) in [4.78, 5) is 12.0. The van der Waals surface area contributed by atoms with Crippen molar-refractivity contribution >= 4 is 12.0 Å². The first-order valence-corrected chi connectivity index (χ1v) is 11.0. The highest BCUT2D eigenvalue weighted by Crippen LogP contribution is 2.65. The van der Waals surface area contributed by atoms with Gasteiger partial charge in [-0.3, -0.25) is 4.79 Å². The van der Waals surface area contributed by atoms with Crippen molar-refractivity contribution in [1.29, 1.82) is 0 Å². The Balaban J connectivity index is 1.41. The van der Waals surface area contributed by atoms with Gasteiger partial charge in [-0.15, -0.1) is 0 Å². The number of hydrogen-bond acceptors (Lipinski definition) is 1. The van der Waals surface area contributed by atoms with E-state index in [-0.39, 0.29) is 5.91 Å². The molecule has 5 rings (SSSR count). The Morgan fingerprint density at radius 2 is 1.85 bits per heavy atom. The Labute approximate surface area is 163 Å². The molecule has 0 bridgehead atoms. The predicted octanol–water partition coefficient (Wildman–Crippen LogP) is 5.59. The van der Waals surface area contributed by atoms with Crippen LogP contribution in [-0.2, 0) is 4.79 Å². The highest BCUT2D eigenvalue weighted by molar-refractivity contribution is 5.77. The van der Waals surface area contributed by atoms with Gasteiger partial charge in [0.2, 0.25) is 5.91 Å². The number of rotatable bonds is 1. The molecular formula is C25H33NO. The second-order valence-corrected chi connectivity index (χ2v) is 10.4. The third-order valence-corrected chi connectivity index (χ3v) is 8.90. The van der Waals surface area contributed by atoms with Crippen LogP contribution in [0.2, 0.25) is 0 Å². The summed E-state index contributed by atoms with van der Waals surface area (Å²) < 4.78 is 0. The second-order valence-electron chi connectivity index (χ2n) is 10.4. The number of fused-ring (bicyclic) bond motifs is 5. The number of carbonyl (C=O) groups is 1. The maximum Gasteiger partial charge on any atom is 0.220 e. The number of amides is 1. The first-order chi connectivity index (χ1) is 13.0. The fourth-order valence-electron chi connectivity index (χ4n) is 7.48. The normalized spacial score (nSPS) is 45.0. The highest BCUT2D eigenvalue weighted by Gasteiger charge is 2.58. The van der Waals surface area contributed by atoms with Crippen molar-refractivity contribution in [2.75, 3.05) is 0 Å². The summed E-state index contributed by atoms with van der Waals surface area (Å²) in [5.41, 5.74) is 3.84. The lowest BCUT2D eigenvalue weighted by Gasteiger charge is -2.59. The molecule has 1 aliphatic heterocycles. The van der Waals surface area contributed by atoms with E-state index in [2.05, 4.69) is 55.6 Å². The summed E-state index contributed by atoms with van der Waals surface area (Å²) in [6, 6.07) is 11.3. The lowest BCUT2D eigenvalue weighted by Crippen LogP contribution is -2.60. The summed E-state index contributed by atoms with van der Waals surface area (Å²) in [5, 5.41) is 3.35. The van der Waals surface area contributed by atoms with Gasteiger partial charge in [0.25, 0.3) is 0 Å². The van der Waals surface area contributed by atoms with Gasteiger partial charge in [0, 0.05) is 12.5 Å². The van der Waals surface area contributed by atoms with Crippen LogP contribution in [0.4, 0.5) is 0 Å². The molecule has 144 valence electrons. The molecule has 1 N–H and O–H groups in total. The van der Waals surface area contributed by atoms with E-state index in [1.165, 1.54) is 44.1 Å². The van der Waals surface area contributed by atoms with Crippen molar-refractivity contribution in [3.8, 4) is 0 Å². The zero-order chi connectivity index (χ0) is 18.6. The van der Waals surface area contributed by atoms with Crippen molar-refractivity contribution in [3.63, 3.8) is 0 Å². The van der Waals surface area contributed by atoms with Crippen molar-refractivity contribution in [3.05, 3.63) is 41.5 Å². The number of piperidine rings is 1. The first-order valence-electron chi connectivity index (χ1n) is 11.0. The van der Waals surface area contributed by atoms with Gasteiger partial charge in [0.05, 0.1) is 0 Å². The maximum atomic E-state index is 12.0. The van der Waals surface area contributed by atoms with E-state index in [0.717, 1.165) is 30.6 Å². The average Bonchev–Trinajstić information content (AvgIpc) is 2.99. The molecule has 1 amide bonds. The molecule has 0 radical (unpaired) electrons. The molecule has 1 aromatic carbocycles. The molecule has 0 aromatic heterocycles. The van der Waals surface area contributed by atoms with Crippen LogP contribution in [0.3, 0.4) is 0 Å². The van der Waals surface area contributed by atoms with Crippen LogP contribution in [0.1, 0.15) is 70.8 Å². The monoisotopic (exact) mass is 363 g/mol. The molecule has 4 aliphatic rings. The molecule has 0 spiro atoms. The van der Waals surface area contributed by atoms with Gasteiger partial charge in [-0.25, -0.2) is 0 Å². The summed E-state index contributed by atoms with van der Waals surface area (Å²) in [5.74, 6) is 2.76. The number of hydrogen-bond donors (Lipinski definition) is 1. The van der Waals surface area contributed by atoms with Crippen LogP contribution in [0, 0.1) is 28.6 Å². The SMILES string of the molecule is C[C@]12CC[C@@H]3[C@@H](CCC4NC(=O)CC[C@@]43C)[C@@H]1CC(=Cc1ccccc1)C2. The van der Waals surface area contributed by atoms with Crippen molar-refractivity contribution < 1.29 is 4.79 Å². The molecule has 3 aliphatic carbocycles. The lowest BCUT2D eigenvalue weighted by atomic mass is 9.48. The largest absolute Gasteiger partial charge is 0.353 e. The number of allylic oxidation sites excluding steroid dienone is 1. The van der Waals surface area contributed by atoms with Gasteiger partial charge >= 0.3 is 0 Å². The van der Waals surface area contributed by atoms with E-state index in [1.54, 1.807) is 5.57 Å². The lowest BCUT2D eigenvalue weighted by molar-refractivity contribution is -0.135. The van der Waals surface area contributed by atoms with E-state index in [4.69, 9.17) is 0 Å². The zero-order valence-corrected chi connectivity index (χ0v) is 16.8. The van der Waals surface area contributed by atoms with Crippen LogP contribution in [0.25, 0.3) is 6.08 Å². The molecular weight excluding hydrogens is 330 g/mol.